The van der Waals surface area contributed by atoms with E-state index >= 15 is 0 Å². The molecule has 2 heterocycles. The fraction of sp³-hybridized carbons (Fsp3) is 0.556. The van der Waals surface area contributed by atoms with Crippen molar-refractivity contribution in [1.82, 2.24) is 9.80 Å². The van der Waals surface area contributed by atoms with Crippen molar-refractivity contribution < 1.29 is 14.6 Å². The van der Waals surface area contributed by atoms with Gasteiger partial charge in [0.15, 0.2) is 0 Å². The molecule has 1 N–H and O–H groups in total. The molecule has 0 saturated carbocycles. The van der Waals surface area contributed by atoms with Crippen LogP contribution in [-0.4, -0.2) is 66.4 Å². The summed E-state index contributed by atoms with van der Waals surface area (Å²) in [6.45, 7) is 7.01. The number of hydrogen-bond donors (Lipinski definition) is 1. The first kappa shape index (κ1) is 25.6. The van der Waals surface area contributed by atoms with Crippen molar-refractivity contribution in [2.45, 2.75) is 50.7 Å². The molecule has 5 nitrogen and oxygen atoms in total. The molecule has 0 spiro atoms. The third-order valence-corrected chi connectivity index (χ3v) is 7.58. The Morgan fingerprint density at radius 1 is 0.794 bits per heavy atom. The van der Waals surface area contributed by atoms with E-state index in [0.717, 1.165) is 45.0 Å². The Labute approximate surface area is 213 Å². The van der Waals surface area contributed by atoms with Crippen molar-refractivity contribution in [2.75, 3.05) is 45.9 Å². The first-order valence-corrected chi connectivity index (χ1v) is 13.2. The van der Waals surface area contributed by atoms with Gasteiger partial charge in [0.25, 0.3) is 0 Å². The molecule has 0 amide bonds. The van der Waals surface area contributed by atoms with Gasteiger partial charge in [-0.2, -0.15) is 0 Å². The van der Waals surface area contributed by atoms with Gasteiger partial charge in [-0.25, -0.2) is 0 Å². The largest absolute Gasteiger partial charge is 0.492 e. The van der Waals surface area contributed by atoms with Gasteiger partial charge in [0.1, 0.15) is 24.7 Å². The minimum Gasteiger partial charge on any atom is -0.492 e. The first-order chi connectivity index (χ1) is 16.5. The average molecular weight is 508 g/mol. The summed E-state index contributed by atoms with van der Waals surface area (Å²) in [6, 6.07) is 13.6. The van der Waals surface area contributed by atoms with E-state index in [0.29, 0.717) is 28.6 Å². The fourth-order valence-corrected chi connectivity index (χ4v) is 5.08. The molecule has 2 aromatic carbocycles. The maximum Gasteiger partial charge on any atom is 0.121 e. The summed E-state index contributed by atoms with van der Waals surface area (Å²) in [4.78, 5) is 4.90. The molecule has 2 aromatic rings. The summed E-state index contributed by atoms with van der Waals surface area (Å²) in [7, 11) is 0. The number of aliphatic hydroxyl groups is 1. The van der Waals surface area contributed by atoms with Crippen LogP contribution >= 0.6 is 23.2 Å². The highest BCUT2D eigenvalue weighted by molar-refractivity contribution is 6.42. The minimum atomic E-state index is -0.847. The Kier molecular flexibility index (Phi) is 9.38. The Balaban J connectivity index is 1.23. The van der Waals surface area contributed by atoms with E-state index in [9.17, 15) is 5.11 Å². The number of halogens is 2. The monoisotopic (exact) mass is 506 g/mol. The molecule has 0 aliphatic carbocycles. The van der Waals surface area contributed by atoms with Crippen LogP contribution in [0.3, 0.4) is 0 Å². The third kappa shape index (κ3) is 7.76. The van der Waals surface area contributed by atoms with Gasteiger partial charge in [0.05, 0.1) is 15.6 Å². The van der Waals surface area contributed by atoms with Crippen molar-refractivity contribution in [2.24, 2.45) is 0 Å². The molecule has 2 fully saturated rings. The van der Waals surface area contributed by atoms with E-state index in [1.807, 2.05) is 6.07 Å². The van der Waals surface area contributed by atoms with Gasteiger partial charge in [-0.1, -0.05) is 41.8 Å². The number of hydrogen-bond acceptors (Lipinski definition) is 5. The lowest BCUT2D eigenvalue weighted by atomic mass is 9.96. The topological polar surface area (TPSA) is 45.2 Å². The smallest absolute Gasteiger partial charge is 0.121 e. The number of piperidine rings is 1. The quantitative estimate of drug-likeness (QED) is 0.475. The van der Waals surface area contributed by atoms with Crippen molar-refractivity contribution in [3.05, 3.63) is 58.1 Å². The summed E-state index contributed by atoms with van der Waals surface area (Å²) < 4.78 is 11.9. The van der Waals surface area contributed by atoms with E-state index in [-0.39, 0.29) is 6.61 Å². The van der Waals surface area contributed by atoms with Gasteiger partial charge in [0.2, 0.25) is 0 Å². The Morgan fingerprint density at radius 3 is 2.41 bits per heavy atom. The zero-order chi connectivity index (χ0) is 23.8. The van der Waals surface area contributed by atoms with Crippen LogP contribution in [0.2, 0.25) is 10.0 Å². The summed E-state index contributed by atoms with van der Waals surface area (Å²) in [5, 5.41) is 12.1. The molecule has 2 aliphatic rings. The lowest BCUT2D eigenvalue weighted by Crippen LogP contribution is -2.37. The summed E-state index contributed by atoms with van der Waals surface area (Å²) in [5.41, 5.74) is 0.397. The van der Waals surface area contributed by atoms with Crippen LogP contribution in [0.25, 0.3) is 0 Å². The summed E-state index contributed by atoms with van der Waals surface area (Å²) in [6.07, 6.45) is 6.28. The summed E-state index contributed by atoms with van der Waals surface area (Å²) in [5.74, 6) is 1.57. The van der Waals surface area contributed by atoms with Gasteiger partial charge in [-0.05, 0) is 81.6 Å². The Morgan fingerprint density at radius 2 is 1.59 bits per heavy atom. The number of ether oxygens (including phenoxy) is 2. The molecule has 2 saturated heterocycles. The van der Waals surface area contributed by atoms with Crippen LogP contribution in [0.5, 0.6) is 11.5 Å². The molecule has 1 unspecified atom stereocenters. The van der Waals surface area contributed by atoms with E-state index in [2.05, 4.69) is 28.0 Å². The van der Waals surface area contributed by atoms with Crippen LogP contribution in [0.4, 0.5) is 0 Å². The minimum absolute atomic E-state index is 0.249. The highest BCUT2D eigenvalue weighted by Crippen LogP contribution is 2.29. The second kappa shape index (κ2) is 12.5. The molecule has 0 aromatic heterocycles. The van der Waals surface area contributed by atoms with E-state index in [1.54, 1.807) is 18.2 Å². The lowest BCUT2D eigenvalue weighted by Gasteiger charge is -2.27. The van der Waals surface area contributed by atoms with Crippen LogP contribution in [0.1, 0.15) is 44.1 Å². The Bertz CT molecular complexity index is 922. The van der Waals surface area contributed by atoms with Gasteiger partial charge >= 0.3 is 0 Å². The SMILES string of the molecule is OC1(COc2ccc(Cl)c(Cl)c2)CCCN(Cc2cccc(OCCN3CCCCC3)c2)CC1. The first-order valence-electron chi connectivity index (χ1n) is 12.5. The molecule has 2 aliphatic heterocycles. The maximum absolute atomic E-state index is 11.1. The fourth-order valence-electron chi connectivity index (χ4n) is 4.79. The van der Waals surface area contributed by atoms with Crippen molar-refractivity contribution in [3.8, 4) is 11.5 Å². The predicted molar refractivity (Wildman–Crippen MR) is 138 cm³/mol. The van der Waals surface area contributed by atoms with Crippen LogP contribution in [0, 0.1) is 0 Å². The predicted octanol–water partition coefficient (Wildman–Crippen LogP) is 5.65. The van der Waals surface area contributed by atoms with Crippen molar-refractivity contribution in [3.63, 3.8) is 0 Å². The summed E-state index contributed by atoms with van der Waals surface area (Å²) >= 11 is 12.1. The second-order valence-electron chi connectivity index (χ2n) is 9.62. The second-order valence-corrected chi connectivity index (χ2v) is 10.4. The molecular formula is C27H36Cl2N2O3. The zero-order valence-corrected chi connectivity index (χ0v) is 21.4. The van der Waals surface area contributed by atoms with E-state index < -0.39 is 5.60 Å². The van der Waals surface area contributed by atoms with Gasteiger partial charge in [-0.3, -0.25) is 9.80 Å². The van der Waals surface area contributed by atoms with Crippen LogP contribution in [-0.2, 0) is 6.54 Å². The molecule has 4 rings (SSSR count). The molecule has 0 radical (unpaired) electrons. The van der Waals surface area contributed by atoms with Gasteiger partial charge in [-0.15, -0.1) is 0 Å². The van der Waals surface area contributed by atoms with Crippen molar-refractivity contribution in [1.29, 1.82) is 0 Å². The third-order valence-electron chi connectivity index (χ3n) is 6.84. The molecular weight excluding hydrogens is 471 g/mol. The zero-order valence-electron chi connectivity index (χ0n) is 19.9. The average Bonchev–Trinajstić information content (AvgIpc) is 3.02. The highest BCUT2D eigenvalue weighted by Gasteiger charge is 2.31. The molecule has 7 heteroatoms. The van der Waals surface area contributed by atoms with E-state index in [4.69, 9.17) is 32.7 Å². The molecule has 34 heavy (non-hydrogen) atoms. The van der Waals surface area contributed by atoms with Crippen molar-refractivity contribution >= 4 is 23.2 Å². The van der Waals surface area contributed by atoms with E-state index in [1.165, 1.54) is 37.9 Å². The lowest BCUT2D eigenvalue weighted by molar-refractivity contribution is -0.0168. The highest BCUT2D eigenvalue weighted by atomic mass is 35.5. The van der Waals surface area contributed by atoms with Gasteiger partial charge in [0, 0.05) is 25.7 Å². The van der Waals surface area contributed by atoms with Crippen LogP contribution < -0.4 is 9.47 Å². The van der Waals surface area contributed by atoms with Crippen LogP contribution in [0.15, 0.2) is 42.5 Å². The maximum atomic E-state index is 11.1. The molecule has 0 bridgehead atoms. The number of benzene rings is 2. The number of likely N-dealkylation sites (tertiary alicyclic amines) is 2. The number of rotatable bonds is 9. The Hall–Kier alpha value is -1.50. The normalized spacial score (nSPS) is 22.3. The molecule has 1 atom stereocenters. The van der Waals surface area contributed by atoms with Gasteiger partial charge < -0.3 is 14.6 Å². The number of nitrogens with zero attached hydrogens (tertiary/aromatic N) is 2. The molecule has 186 valence electrons. The standard InChI is InChI=1S/C27H36Cl2N2O3/c28-25-9-8-24(19-26(25)29)34-21-27(32)10-5-14-31(15-11-27)20-22-6-4-7-23(18-22)33-17-16-30-12-2-1-3-13-30/h4,6-9,18-19,32H,1-3,5,10-17,20-21H2.